The fourth-order valence-corrected chi connectivity index (χ4v) is 3.50. The van der Waals surface area contributed by atoms with Gasteiger partial charge in [0.1, 0.15) is 5.76 Å². The van der Waals surface area contributed by atoms with Gasteiger partial charge in [-0.3, -0.25) is 4.79 Å². The highest BCUT2D eigenvalue weighted by molar-refractivity contribution is 7.13. The number of oxazole rings is 1. The van der Waals surface area contributed by atoms with Gasteiger partial charge in [-0.05, 0) is 31.2 Å². The normalized spacial score (nSPS) is 16.3. The number of thiophene rings is 1. The molecule has 1 saturated heterocycles. The van der Waals surface area contributed by atoms with Crippen LogP contribution in [0.25, 0.3) is 10.8 Å². The van der Waals surface area contributed by atoms with E-state index in [1.165, 1.54) is 19.3 Å². The number of nitrogens with zero attached hydrogens (tertiary/aromatic N) is 2. The highest BCUT2D eigenvalue weighted by Crippen LogP contribution is 2.26. The lowest BCUT2D eigenvalue weighted by molar-refractivity contribution is -0.130. The Hall–Kier alpha value is -1.62. The Balaban J connectivity index is 1.68. The molecule has 0 unspecified atom stereocenters. The maximum atomic E-state index is 12.5. The summed E-state index contributed by atoms with van der Waals surface area (Å²) < 4.78 is 5.72. The molecule has 0 N–H and O–H groups in total. The number of carbonyl (C=O) groups is 1. The number of rotatable bonds is 3. The molecule has 2 aromatic heterocycles. The Bertz CT molecular complexity index is 611. The van der Waals surface area contributed by atoms with E-state index in [0.717, 1.165) is 42.3 Å². The summed E-state index contributed by atoms with van der Waals surface area (Å²) >= 11 is 1.60. The maximum Gasteiger partial charge on any atom is 0.236 e. The largest absolute Gasteiger partial charge is 0.440 e. The smallest absolute Gasteiger partial charge is 0.236 e. The molecular formula is C17H22N2O2S. The topological polar surface area (TPSA) is 46.3 Å². The van der Waals surface area contributed by atoms with Crippen LogP contribution in [0.2, 0.25) is 0 Å². The number of hydrogen-bond donors (Lipinski definition) is 0. The van der Waals surface area contributed by atoms with Gasteiger partial charge in [0.25, 0.3) is 0 Å². The van der Waals surface area contributed by atoms with E-state index in [1.54, 1.807) is 11.3 Å². The van der Waals surface area contributed by atoms with Crippen molar-refractivity contribution in [1.29, 1.82) is 0 Å². The molecule has 0 saturated carbocycles. The van der Waals surface area contributed by atoms with Crippen molar-refractivity contribution in [1.82, 2.24) is 9.88 Å². The third-order valence-electron chi connectivity index (χ3n) is 4.15. The Morgan fingerprint density at radius 1 is 1.27 bits per heavy atom. The number of likely N-dealkylation sites (tertiary alicyclic amines) is 1. The second-order valence-electron chi connectivity index (χ2n) is 5.82. The van der Waals surface area contributed by atoms with Crippen LogP contribution in [0.5, 0.6) is 0 Å². The molecule has 0 spiro atoms. The van der Waals surface area contributed by atoms with Crippen molar-refractivity contribution in [2.45, 2.75) is 45.4 Å². The predicted octanol–water partition coefficient (Wildman–Crippen LogP) is 4.05. The molecule has 3 heterocycles. The molecule has 1 amide bonds. The monoisotopic (exact) mass is 318 g/mol. The number of aryl methyl sites for hydroxylation is 1. The van der Waals surface area contributed by atoms with Crippen LogP contribution < -0.4 is 0 Å². The van der Waals surface area contributed by atoms with Gasteiger partial charge in [0.05, 0.1) is 17.0 Å². The van der Waals surface area contributed by atoms with Gasteiger partial charge < -0.3 is 9.32 Å². The van der Waals surface area contributed by atoms with E-state index in [0.29, 0.717) is 12.3 Å². The standard InChI is InChI=1S/C17H22N2O2S/c1-13-14(18-17(21-13)15-8-7-11-22-15)12-16(20)19-9-5-3-2-4-6-10-19/h7-8,11H,2-6,9-10,12H2,1H3. The predicted molar refractivity (Wildman–Crippen MR) is 87.9 cm³/mol. The van der Waals surface area contributed by atoms with Crippen molar-refractivity contribution in [2.75, 3.05) is 13.1 Å². The summed E-state index contributed by atoms with van der Waals surface area (Å²) in [7, 11) is 0. The lowest BCUT2D eigenvalue weighted by Gasteiger charge is -2.24. The van der Waals surface area contributed by atoms with Crippen molar-refractivity contribution in [3.8, 4) is 10.8 Å². The summed E-state index contributed by atoms with van der Waals surface area (Å²) in [6.45, 7) is 3.65. The SMILES string of the molecule is Cc1oc(-c2cccs2)nc1CC(=O)N1CCCCCCC1. The quantitative estimate of drug-likeness (QED) is 0.858. The van der Waals surface area contributed by atoms with Crippen molar-refractivity contribution >= 4 is 17.2 Å². The summed E-state index contributed by atoms with van der Waals surface area (Å²) in [4.78, 5) is 20.1. The van der Waals surface area contributed by atoms with Gasteiger partial charge in [-0.25, -0.2) is 4.98 Å². The molecule has 0 radical (unpaired) electrons. The van der Waals surface area contributed by atoms with Crippen molar-refractivity contribution in [3.63, 3.8) is 0 Å². The minimum atomic E-state index is 0.177. The summed E-state index contributed by atoms with van der Waals surface area (Å²) in [6, 6.07) is 3.96. The van der Waals surface area contributed by atoms with Crippen LogP contribution >= 0.6 is 11.3 Å². The van der Waals surface area contributed by atoms with Crippen LogP contribution in [-0.2, 0) is 11.2 Å². The minimum Gasteiger partial charge on any atom is -0.440 e. The lowest BCUT2D eigenvalue weighted by atomic mass is 10.1. The van der Waals surface area contributed by atoms with E-state index >= 15 is 0 Å². The van der Waals surface area contributed by atoms with Crippen molar-refractivity contribution < 1.29 is 9.21 Å². The Kier molecular flexibility index (Phi) is 4.93. The zero-order chi connectivity index (χ0) is 15.4. The van der Waals surface area contributed by atoms with Gasteiger partial charge in [-0.15, -0.1) is 11.3 Å². The average molecular weight is 318 g/mol. The average Bonchev–Trinajstić information content (AvgIpc) is 3.09. The van der Waals surface area contributed by atoms with E-state index in [1.807, 2.05) is 29.3 Å². The summed E-state index contributed by atoms with van der Waals surface area (Å²) in [5.74, 6) is 1.56. The Morgan fingerprint density at radius 2 is 2.00 bits per heavy atom. The maximum absolute atomic E-state index is 12.5. The van der Waals surface area contributed by atoms with Crippen molar-refractivity contribution in [3.05, 3.63) is 29.0 Å². The highest BCUT2D eigenvalue weighted by Gasteiger charge is 2.19. The molecule has 1 fully saturated rings. The molecule has 0 bridgehead atoms. The number of amides is 1. The van der Waals surface area contributed by atoms with E-state index in [2.05, 4.69) is 4.98 Å². The van der Waals surface area contributed by atoms with E-state index in [4.69, 9.17) is 4.42 Å². The third-order valence-corrected chi connectivity index (χ3v) is 5.01. The van der Waals surface area contributed by atoms with E-state index in [-0.39, 0.29) is 5.91 Å². The lowest BCUT2D eigenvalue weighted by Crippen LogP contribution is -2.35. The molecule has 2 aromatic rings. The molecule has 118 valence electrons. The third kappa shape index (κ3) is 3.58. The number of aromatic nitrogens is 1. The minimum absolute atomic E-state index is 0.177. The fraction of sp³-hybridized carbons (Fsp3) is 0.529. The van der Waals surface area contributed by atoms with Gasteiger partial charge in [-0.2, -0.15) is 0 Å². The first-order valence-corrected chi connectivity index (χ1v) is 8.90. The van der Waals surface area contributed by atoms with Gasteiger partial charge >= 0.3 is 0 Å². The first-order valence-electron chi connectivity index (χ1n) is 8.02. The van der Waals surface area contributed by atoms with E-state index < -0.39 is 0 Å². The molecule has 5 heteroatoms. The fourth-order valence-electron chi connectivity index (χ4n) is 2.85. The van der Waals surface area contributed by atoms with Crippen LogP contribution in [0.3, 0.4) is 0 Å². The molecule has 4 nitrogen and oxygen atoms in total. The zero-order valence-corrected chi connectivity index (χ0v) is 13.8. The Morgan fingerprint density at radius 3 is 2.68 bits per heavy atom. The molecule has 3 rings (SSSR count). The second kappa shape index (κ2) is 7.09. The van der Waals surface area contributed by atoms with Crippen LogP contribution in [0.15, 0.2) is 21.9 Å². The van der Waals surface area contributed by atoms with Crippen LogP contribution in [-0.4, -0.2) is 28.9 Å². The first kappa shape index (κ1) is 15.3. The number of hydrogen-bond acceptors (Lipinski definition) is 4. The van der Waals surface area contributed by atoms with E-state index in [9.17, 15) is 4.79 Å². The zero-order valence-electron chi connectivity index (χ0n) is 13.0. The van der Waals surface area contributed by atoms with Crippen LogP contribution in [0.1, 0.15) is 43.6 Å². The first-order chi connectivity index (χ1) is 10.7. The highest BCUT2D eigenvalue weighted by atomic mass is 32.1. The molecule has 22 heavy (non-hydrogen) atoms. The van der Waals surface area contributed by atoms with Crippen molar-refractivity contribution in [2.24, 2.45) is 0 Å². The molecule has 0 atom stereocenters. The molecule has 1 aliphatic rings. The van der Waals surface area contributed by atoms with Gasteiger partial charge in [0.15, 0.2) is 0 Å². The Labute approximate surface area is 135 Å². The van der Waals surface area contributed by atoms with Crippen LogP contribution in [0, 0.1) is 6.92 Å². The molecule has 1 aliphatic heterocycles. The summed E-state index contributed by atoms with van der Waals surface area (Å²) in [5.41, 5.74) is 0.774. The van der Waals surface area contributed by atoms with Gasteiger partial charge in [0.2, 0.25) is 11.8 Å². The second-order valence-corrected chi connectivity index (χ2v) is 6.77. The number of carbonyl (C=O) groups excluding carboxylic acids is 1. The van der Waals surface area contributed by atoms with Gasteiger partial charge in [-0.1, -0.05) is 25.3 Å². The summed E-state index contributed by atoms with van der Waals surface area (Å²) in [5, 5.41) is 2.00. The van der Waals surface area contributed by atoms with Crippen LogP contribution in [0.4, 0.5) is 0 Å². The molecule has 0 aliphatic carbocycles. The van der Waals surface area contributed by atoms with Gasteiger partial charge in [0, 0.05) is 13.1 Å². The summed E-state index contributed by atoms with van der Waals surface area (Å²) in [6.07, 6.45) is 6.34. The molecular weight excluding hydrogens is 296 g/mol. The molecule has 0 aromatic carbocycles.